The highest BCUT2D eigenvalue weighted by molar-refractivity contribution is 5.89. The predicted octanol–water partition coefficient (Wildman–Crippen LogP) is 2.57. The van der Waals surface area contributed by atoms with E-state index in [4.69, 9.17) is 0 Å². The second kappa shape index (κ2) is 4.34. The van der Waals surface area contributed by atoms with Crippen molar-refractivity contribution in [1.82, 2.24) is 9.47 Å². The van der Waals surface area contributed by atoms with Gasteiger partial charge < -0.3 is 14.6 Å². The normalized spacial score (nSPS) is 29.6. The molecule has 1 aliphatic carbocycles. The van der Waals surface area contributed by atoms with Gasteiger partial charge in [-0.1, -0.05) is 19.1 Å². The maximum absolute atomic E-state index is 9.56. The van der Waals surface area contributed by atoms with Crippen molar-refractivity contribution in [3.05, 3.63) is 35.5 Å². The molecule has 2 aromatic rings. The van der Waals surface area contributed by atoms with Crippen LogP contribution in [0.25, 0.3) is 10.9 Å². The van der Waals surface area contributed by atoms with Crippen LogP contribution in [0, 0.1) is 5.92 Å². The first-order valence-corrected chi connectivity index (χ1v) is 7.60. The second-order valence-electron chi connectivity index (χ2n) is 6.67. The number of aromatic nitrogens is 1. The van der Waals surface area contributed by atoms with Crippen LogP contribution in [0.1, 0.15) is 30.4 Å². The molecule has 3 atom stereocenters. The largest absolute Gasteiger partial charge is 0.376 e. The van der Waals surface area contributed by atoms with Crippen LogP contribution in [0.15, 0.2) is 24.4 Å². The minimum atomic E-state index is 0.0710. The fourth-order valence-corrected chi connectivity index (χ4v) is 4.51. The Labute approximate surface area is 119 Å². The van der Waals surface area contributed by atoms with Crippen molar-refractivity contribution in [3.63, 3.8) is 0 Å². The maximum atomic E-state index is 9.56. The van der Waals surface area contributed by atoms with Gasteiger partial charge in [-0.2, -0.15) is 0 Å². The van der Waals surface area contributed by atoms with Gasteiger partial charge in [-0.05, 0) is 43.0 Å². The van der Waals surface area contributed by atoms with Gasteiger partial charge in [-0.25, -0.2) is 0 Å². The van der Waals surface area contributed by atoms with E-state index in [1.807, 2.05) is 4.57 Å². The average Bonchev–Trinajstić information content (AvgIpc) is 2.80. The van der Waals surface area contributed by atoms with E-state index < -0.39 is 0 Å². The molecule has 1 fully saturated rings. The molecular formula is C17H22N2O. The van der Waals surface area contributed by atoms with Crippen molar-refractivity contribution in [2.24, 2.45) is 5.92 Å². The molecule has 106 valence electrons. The number of aliphatic hydroxyl groups is 1. The monoisotopic (exact) mass is 270 g/mol. The molecule has 3 nitrogen and oxygen atoms in total. The Morgan fingerprint density at radius 3 is 3.00 bits per heavy atom. The van der Waals surface area contributed by atoms with Crippen LogP contribution >= 0.6 is 0 Å². The number of benzene rings is 1. The Morgan fingerprint density at radius 2 is 2.20 bits per heavy atom. The van der Waals surface area contributed by atoms with E-state index in [2.05, 4.69) is 43.3 Å². The molecule has 4 rings (SSSR count). The third-order valence-corrected chi connectivity index (χ3v) is 5.28. The first-order chi connectivity index (χ1) is 9.69. The lowest BCUT2D eigenvalue weighted by Crippen LogP contribution is -2.47. The fraction of sp³-hybridized carbons (Fsp3) is 0.529. The molecule has 20 heavy (non-hydrogen) atoms. The van der Waals surface area contributed by atoms with E-state index in [9.17, 15) is 5.11 Å². The summed E-state index contributed by atoms with van der Waals surface area (Å²) < 4.78 is 1.98. The van der Waals surface area contributed by atoms with Crippen molar-refractivity contribution in [2.75, 3.05) is 13.6 Å². The molecule has 0 radical (unpaired) electrons. The minimum absolute atomic E-state index is 0.0710. The summed E-state index contributed by atoms with van der Waals surface area (Å²) in [7, 11) is 2.27. The van der Waals surface area contributed by atoms with Gasteiger partial charge in [0.05, 0.1) is 5.52 Å². The zero-order chi connectivity index (χ0) is 13.9. The zero-order valence-electron chi connectivity index (χ0n) is 12.2. The molecule has 1 saturated heterocycles. The third kappa shape index (κ3) is 1.60. The molecule has 0 spiro atoms. The Hall–Kier alpha value is -1.32. The van der Waals surface area contributed by atoms with Crippen LogP contribution in [0.5, 0.6) is 0 Å². The summed E-state index contributed by atoms with van der Waals surface area (Å²) in [5, 5.41) is 11.0. The standard InChI is InChI=1S/C17H22N2O/c1-11-6-14-13-4-3-5-15-17(13)12(9-19(15)10-20)7-16(14)18(2)8-11/h3-5,9,11,14,16,20H,6-8,10H2,1-2H3/t11-,14-,16+/m1/s1. The molecular weight excluding hydrogens is 248 g/mol. The van der Waals surface area contributed by atoms with Crippen LogP contribution < -0.4 is 0 Å². The number of hydrogen-bond acceptors (Lipinski definition) is 2. The van der Waals surface area contributed by atoms with E-state index in [1.165, 1.54) is 35.0 Å². The topological polar surface area (TPSA) is 28.4 Å². The van der Waals surface area contributed by atoms with E-state index >= 15 is 0 Å². The molecule has 1 aromatic heterocycles. The Morgan fingerprint density at radius 1 is 1.35 bits per heavy atom. The first-order valence-electron chi connectivity index (χ1n) is 7.60. The molecule has 0 saturated carbocycles. The number of nitrogens with zero attached hydrogens (tertiary/aromatic N) is 2. The number of likely N-dealkylation sites (tertiary alicyclic amines) is 1. The predicted molar refractivity (Wildman–Crippen MR) is 80.8 cm³/mol. The SMILES string of the molecule is C[C@@H]1C[C@@H]2c3cccc4c3c(cn4CO)C[C@@H]2N(C)C1. The van der Waals surface area contributed by atoms with E-state index in [0.717, 1.165) is 12.3 Å². The lowest BCUT2D eigenvalue weighted by atomic mass is 9.73. The van der Waals surface area contributed by atoms with Gasteiger partial charge in [0.25, 0.3) is 0 Å². The maximum Gasteiger partial charge on any atom is 0.119 e. The van der Waals surface area contributed by atoms with Gasteiger partial charge >= 0.3 is 0 Å². The smallest absolute Gasteiger partial charge is 0.119 e. The highest BCUT2D eigenvalue weighted by Crippen LogP contribution is 2.44. The van der Waals surface area contributed by atoms with E-state index in [0.29, 0.717) is 12.0 Å². The first kappa shape index (κ1) is 12.4. The third-order valence-electron chi connectivity index (χ3n) is 5.28. The Kier molecular flexibility index (Phi) is 2.69. The minimum Gasteiger partial charge on any atom is -0.376 e. The van der Waals surface area contributed by atoms with Gasteiger partial charge in [0.2, 0.25) is 0 Å². The lowest BCUT2D eigenvalue weighted by molar-refractivity contribution is 0.119. The molecule has 3 heteroatoms. The summed E-state index contributed by atoms with van der Waals surface area (Å²) in [6, 6.07) is 7.21. The molecule has 2 aliphatic rings. The number of aliphatic hydroxyl groups excluding tert-OH is 1. The van der Waals surface area contributed by atoms with Gasteiger partial charge in [-0.3, -0.25) is 0 Å². The quantitative estimate of drug-likeness (QED) is 0.862. The molecule has 1 aromatic carbocycles. The van der Waals surface area contributed by atoms with Gasteiger partial charge in [0.15, 0.2) is 0 Å². The summed E-state index contributed by atoms with van der Waals surface area (Å²) in [5.41, 5.74) is 4.10. The summed E-state index contributed by atoms with van der Waals surface area (Å²) >= 11 is 0. The van der Waals surface area contributed by atoms with Crippen molar-refractivity contribution < 1.29 is 5.11 Å². The molecule has 0 unspecified atom stereocenters. The summed E-state index contributed by atoms with van der Waals surface area (Å²) in [6.07, 6.45) is 4.56. The number of hydrogen-bond donors (Lipinski definition) is 1. The number of fused-ring (bicyclic) bond motifs is 2. The number of likely N-dealkylation sites (N-methyl/N-ethyl adjacent to an activating group) is 1. The summed E-state index contributed by atoms with van der Waals surface area (Å²) in [4.78, 5) is 2.54. The van der Waals surface area contributed by atoms with Gasteiger partial charge in [-0.15, -0.1) is 0 Å². The highest BCUT2D eigenvalue weighted by Gasteiger charge is 2.38. The fourth-order valence-electron chi connectivity index (χ4n) is 4.51. The van der Waals surface area contributed by atoms with Gasteiger partial charge in [0.1, 0.15) is 6.73 Å². The number of piperidine rings is 1. The van der Waals surface area contributed by atoms with Crippen LogP contribution in [0.3, 0.4) is 0 Å². The molecule has 1 aliphatic heterocycles. The summed E-state index contributed by atoms with van der Waals surface area (Å²) in [6.45, 7) is 3.63. The van der Waals surface area contributed by atoms with Crippen molar-refractivity contribution in [2.45, 2.75) is 38.5 Å². The van der Waals surface area contributed by atoms with Crippen LogP contribution in [0.4, 0.5) is 0 Å². The Balaban J connectivity index is 1.93. The summed E-state index contributed by atoms with van der Waals surface area (Å²) in [5.74, 6) is 1.41. The van der Waals surface area contributed by atoms with Crippen molar-refractivity contribution >= 4 is 10.9 Å². The van der Waals surface area contributed by atoms with Crippen LogP contribution in [-0.4, -0.2) is 34.2 Å². The van der Waals surface area contributed by atoms with Crippen molar-refractivity contribution in [3.8, 4) is 0 Å². The molecule has 2 heterocycles. The van der Waals surface area contributed by atoms with Gasteiger partial charge in [0, 0.05) is 30.1 Å². The molecule has 0 bridgehead atoms. The zero-order valence-corrected chi connectivity index (χ0v) is 12.2. The lowest BCUT2D eigenvalue weighted by Gasteiger charge is -2.44. The number of rotatable bonds is 1. The van der Waals surface area contributed by atoms with Crippen molar-refractivity contribution in [1.29, 1.82) is 0 Å². The highest BCUT2D eigenvalue weighted by atomic mass is 16.3. The molecule has 0 amide bonds. The van der Waals surface area contributed by atoms with E-state index in [1.54, 1.807) is 0 Å². The average molecular weight is 270 g/mol. The van der Waals surface area contributed by atoms with E-state index in [-0.39, 0.29) is 6.73 Å². The second-order valence-corrected chi connectivity index (χ2v) is 6.67. The van der Waals surface area contributed by atoms with Crippen LogP contribution in [-0.2, 0) is 13.2 Å². The molecule has 1 N–H and O–H groups in total. The Bertz CT molecular complexity index is 660. The van der Waals surface area contributed by atoms with Crippen LogP contribution in [0.2, 0.25) is 0 Å².